The minimum Gasteiger partial charge on any atom is -0.496 e. The van der Waals surface area contributed by atoms with Crippen molar-refractivity contribution in [1.29, 1.82) is 0 Å². The molecule has 2 aromatic rings. The van der Waals surface area contributed by atoms with Crippen LogP contribution in [0.25, 0.3) is 11.1 Å². The number of hydrogen-bond donors (Lipinski definition) is 0. The van der Waals surface area contributed by atoms with Gasteiger partial charge in [-0.2, -0.15) is 0 Å². The largest absolute Gasteiger partial charge is 0.496 e. The number of benzene rings is 2. The van der Waals surface area contributed by atoms with Crippen LogP contribution in [0.4, 0.5) is 0 Å². The summed E-state index contributed by atoms with van der Waals surface area (Å²) >= 11 is 3.54. The first kappa shape index (κ1) is 10.2. The van der Waals surface area contributed by atoms with Crippen LogP contribution >= 0.6 is 15.9 Å². The lowest BCUT2D eigenvalue weighted by atomic mass is 10.1. The van der Waals surface area contributed by atoms with Crippen molar-refractivity contribution in [2.45, 2.75) is 0 Å². The predicted octanol–water partition coefficient (Wildman–Crippen LogP) is 4.12. The second kappa shape index (κ2) is 4.49. The number of methoxy groups -OCH3 is 1. The van der Waals surface area contributed by atoms with Gasteiger partial charge in [-0.15, -0.1) is 0 Å². The van der Waals surface area contributed by atoms with Crippen LogP contribution in [0, 0.1) is 0 Å². The fourth-order valence-electron chi connectivity index (χ4n) is 1.55. The molecule has 0 heterocycles. The van der Waals surface area contributed by atoms with Gasteiger partial charge in [0.1, 0.15) is 5.75 Å². The van der Waals surface area contributed by atoms with Gasteiger partial charge in [0.25, 0.3) is 0 Å². The molecule has 0 atom stereocenters. The van der Waals surface area contributed by atoms with Crippen LogP contribution in [0.15, 0.2) is 53.0 Å². The Balaban J connectivity index is 2.59. The van der Waals surface area contributed by atoms with Crippen molar-refractivity contribution in [3.05, 3.63) is 53.0 Å². The Bertz CT molecular complexity index is 466. The molecule has 0 aliphatic carbocycles. The van der Waals surface area contributed by atoms with Crippen molar-refractivity contribution in [2.24, 2.45) is 0 Å². The molecule has 2 heteroatoms. The van der Waals surface area contributed by atoms with Crippen molar-refractivity contribution in [2.75, 3.05) is 7.11 Å². The highest BCUT2D eigenvalue weighted by atomic mass is 79.9. The minimum absolute atomic E-state index is 0.893. The van der Waals surface area contributed by atoms with Gasteiger partial charge in [0, 0.05) is 10.0 Å². The normalized spacial score (nSPS) is 10.0. The Morgan fingerprint density at radius 3 is 2.13 bits per heavy atom. The lowest BCUT2D eigenvalue weighted by Crippen LogP contribution is -1.87. The fourth-order valence-corrected chi connectivity index (χ4v) is 2.05. The number of hydrogen-bond acceptors (Lipinski definition) is 1. The van der Waals surface area contributed by atoms with Crippen LogP contribution in [0.3, 0.4) is 0 Å². The first-order valence-electron chi connectivity index (χ1n) is 4.71. The molecule has 0 saturated heterocycles. The predicted molar refractivity (Wildman–Crippen MR) is 66.1 cm³/mol. The van der Waals surface area contributed by atoms with Crippen LogP contribution in [-0.2, 0) is 0 Å². The van der Waals surface area contributed by atoms with E-state index >= 15 is 0 Å². The van der Waals surface area contributed by atoms with Crippen molar-refractivity contribution < 1.29 is 4.74 Å². The zero-order chi connectivity index (χ0) is 10.7. The van der Waals surface area contributed by atoms with E-state index in [0.717, 1.165) is 21.3 Å². The smallest absolute Gasteiger partial charge is 0.126 e. The van der Waals surface area contributed by atoms with Crippen LogP contribution in [0.5, 0.6) is 5.75 Å². The van der Waals surface area contributed by atoms with Gasteiger partial charge in [-0.25, -0.2) is 0 Å². The molecular formula is C13H11BrO. The van der Waals surface area contributed by atoms with E-state index in [1.54, 1.807) is 7.11 Å². The van der Waals surface area contributed by atoms with Gasteiger partial charge in [-0.05, 0) is 17.7 Å². The molecule has 0 unspecified atom stereocenters. The highest BCUT2D eigenvalue weighted by Crippen LogP contribution is 2.34. The summed E-state index contributed by atoms with van der Waals surface area (Å²) in [5.74, 6) is 0.893. The van der Waals surface area contributed by atoms with E-state index in [2.05, 4.69) is 28.1 Å². The monoisotopic (exact) mass is 262 g/mol. The van der Waals surface area contributed by atoms with Crippen molar-refractivity contribution in [3.63, 3.8) is 0 Å². The first-order valence-corrected chi connectivity index (χ1v) is 5.50. The molecule has 0 aliphatic rings. The highest BCUT2D eigenvalue weighted by molar-refractivity contribution is 9.10. The average Bonchev–Trinajstić information content (AvgIpc) is 2.30. The number of halogens is 1. The zero-order valence-electron chi connectivity index (χ0n) is 8.41. The van der Waals surface area contributed by atoms with Crippen LogP contribution in [0.2, 0.25) is 0 Å². The molecule has 0 saturated carbocycles. The van der Waals surface area contributed by atoms with Gasteiger partial charge < -0.3 is 4.74 Å². The van der Waals surface area contributed by atoms with E-state index in [-0.39, 0.29) is 0 Å². The molecule has 0 fully saturated rings. The molecule has 0 N–H and O–H groups in total. The summed E-state index contributed by atoms with van der Waals surface area (Å²) in [6.07, 6.45) is 0. The Morgan fingerprint density at radius 2 is 1.47 bits per heavy atom. The summed E-state index contributed by atoms with van der Waals surface area (Å²) < 4.78 is 6.41. The summed E-state index contributed by atoms with van der Waals surface area (Å²) in [7, 11) is 1.69. The maximum absolute atomic E-state index is 5.33. The summed E-state index contributed by atoms with van der Waals surface area (Å²) in [5, 5.41) is 0. The standard InChI is InChI=1S/C13H11BrO/c1-15-13-9-5-3-7-11(13)10-6-2-4-8-12(10)14/h2-9H,1H3. The van der Waals surface area contributed by atoms with Crippen molar-refractivity contribution in [3.8, 4) is 16.9 Å². The minimum atomic E-state index is 0.893. The van der Waals surface area contributed by atoms with E-state index in [9.17, 15) is 0 Å². The van der Waals surface area contributed by atoms with Crippen LogP contribution < -0.4 is 4.74 Å². The summed E-state index contributed by atoms with van der Waals surface area (Å²) in [6.45, 7) is 0. The lowest BCUT2D eigenvalue weighted by Gasteiger charge is -2.09. The van der Waals surface area contributed by atoms with Gasteiger partial charge in [0.15, 0.2) is 0 Å². The highest BCUT2D eigenvalue weighted by Gasteiger charge is 2.06. The maximum atomic E-state index is 5.33. The van der Waals surface area contributed by atoms with Crippen LogP contribution in [-0.4, -0.2) is 7.11 Å². The number of rotatable bonds is 2. The summed E-state index contributed by atoms with van der Waals surface area (Å²) in [4.78, 5) is 0. The maximum Gasteiger partial charge on any atom is 0.126 e. The molecule has 0 bridgehead atoms. The second-order valence-corrected chi connectivity index (χ2v) is 4.03. The van der Waals surface area contributed by atoms with Gasteiger partial charge in [-0.1, -0.05) is 52.3 Å². The fraction of sp³-hybridized carbons (Fsp3) is 0.0769. The average molecular weight is 263 g/mol. The molecular weight excluding hydrogens is 252 g/mol. The van der Waals surface area contributed by atoms with Gasteiger partial charge in [0.05, 0.1) is 7.11 Å². The summed E-state index contributed by atoms with van der Waals surface area (Å²) in [6, 6.07) is 16.1. The SMILES string of the molecule is COc1ccccc1-c1ccccc1Br. The molecule has 0 amide bonds. The third-order valence-electron chi connectivity index (χ3n) is 2.27. The molecule has 15 heavy (non-hydrogen) atoms. The van der Waals surface area contributed by atoms with Crippen LogP contribution in [0.1, 0.15) is 0 Å². The second-order valence-electron chi connectivity index (χ2n) is 3.18. The summed E-state index contributed by atoms with van der Waals surface area (Å²) in [5.41, 5.74) is 2.25. The van der Waals surface area contributed by atoms with Gasteiger partial charge in [-0.3, -0.25) is 0 Å². The molecule has 2 aromatic carbocycles. The Labute approximate surface area is 97.8 Å². The molecule has 0 aromatic heterocycles. The van der Waals surface area contributed by atoms with E-state index in [1.165, 1.54) is 0 Å². The van der Waals surface area contributed by atoms with E-state index in [4.69, 9.17) is 4.74 Å². The van der Waals surface area contributed by atoms with Gasteiger partial charge >= 0.3 is 0 Å². The quantitative estimate of drug-likeness (QED) is 0.791. The third-order valence-corrected chi connectivity index (χ3v) is 2.96. The first-order chi connectivity index (χ1) is 7.33. The Kier molecular flexibility index (Phi) is 3.07. The third kappa shape index (κ3) is 2.05. The molecule has 0 spiro atoms. The van der Waals surface area contributed by atoms with E-state index < -0.39 is 0 Å². The zero-order valence-corrected chi connectivity index (χ0v) is 9.99. The van der Waals surface area contributed by atoms with Crippen molar-refractivity contribution >= 4 is 15.9 Å². The van der Waals surface area contributed by atoms with Crippen molar-refractivity contribution in [1.82, 2.24) is 0 Å². The number of para-hydroxylation sites is 1. The molecule has 76 valence electrons. The van der Waals surface area contributed by atoms with E-state index in [1.807, 2.05) is 36.4 Å². The molecule has 0 radical (unpaired) electrons. The number of ether oxygens (including phenoxy) is 1. The lowest BCUT2D eigenvalue weighted by molar-refractivity contribution is 0.416. The van der Waals surface area contributed by atoms with Gasteiger partial charge in [0.2, 0.25) is 0 Å². The van der Waals surface area contributed by atoms with E-state index in [0.29, 0.717) is 0 Å². The molecule has 2 rings (SSSR count). The topological polar surface area (TPSA) is 9.23 Å². The Hall–Kier alpha value is -1.28. The Morgan fingerprint density at radius 1 is 0.867 bits per heavy atom. The molecule has 0 aliphatic heterocycles. The molecule has 1 nitrogen and oxygen atoms in total.